The van der Waals surface area contributed by atoms with Crippen molar-refractivity contribution in [2.24, 2.45) is 5.73 Å². The fraction of sp³-hybridized carbons (Fsp3) is 0.368. The van der Waals surface area contributed by atoms with Gasteiger partial charge < -0.3 is 20.5 Å². The third kappa shape index (κ3) is 6.27. The van der Waals surface area contributed by atoms with E-state index in [-0.39, 0.29) is 22.8 Å². The van der Waals surface area contributed by atoms with E-state index in [0.29, 0.717) is 0 Å². The summed E-state index contributed by atoms with van der Waals surface area (Å²) in [4.78, 5) is 19.8. The van der Waals surface area contributed by atoms with Crippen LogP contribution >= 0.6 is 0 Å². The van der Waals surface area contributed by atoms with Gasteiger partial charge in [-0.3, -0.25) is 10.2 Å². The highest BCUT2D eigenvalue weighted by Crippen LogP contribution is 2.31. The van der Waals surface area contributed by atoms with Gasteiger partial charge in [0, 0.05) is 11.6 Å². The Morgan fingerprint density at radius 2 is 1.97 bits per heavy atom. The molecule has 31 heavy (non-hydrogen) atoms. The summed E-state index contributed by atoms with van der Waals surface area (Å²) in [7, 11) is 0. The number of aromatic nitrogens is 2. The zero-order valence-electron chi connectivity index (χ0n) is 16.6. The number of carbonyl (C=O) groups is 1. The molecule has 0 saturated carbocycles. The number of carbonyl (C=O) groups excluding carboxylic acids is 1. The van der Waals surface area contributed by atoms with Gasteiger partial charge in [-0.05, 0) is 30.7 Å². The number of nitrogens with zero attached hydrogens (tertiary/aromatic N) is 2. The number of hydrogen-bond acceptors (Lipinski definition) is 6. The molecule has 168 valence electrons. The van der Waals surface area contributed by atoms with Crippen LogP contribution in [-0.2, 0) is 4.74 Å². The number of rotatable bonds is 9. The van der Waals surface area contributed by atoms with Crippen LogP contribution in [0.15, 0.2) is 30.6 Å². The molecule has 0 radical (unpaired) electrons. The van der Waals surface area contributed by atoms with E-state index in [2.05, 4.69) is 20.0 Å². The zero-order valence-corrected chi connectivity index (χ0v) is 16.6. The summed E-state index contributed by atoms with van der Waals surface area (Å²) in [5, 5.41) is 9.54. The highest BCUT2D eigenvalue weighted by molar-refractivity contribution is 6.02. The van der Waals surface area contributed by atoms with Crippen LogP contribution in [-0.4, -0.2) is 47.2 Å². The largest absolute Gasteiger partial charge is 0.456 e. The second-order valence-corrected chi connectivity index (χ2v) is 6.54. The van der Waals surface area contributed by atoms with Gasteiger partial charge in [0.15, 0.2) is 6.10 Å². The quantitative estimate of drug-likeness (QED) is 0.311. The number of benzene rings is 1. The first kappa shape index (κ1) is 23.8. The van der Waals surface area contributed by atoms with Crippen molar-refractivity contribution in [3.05, 3.63) is 47.7 Å². The number of alkyl halides is 3. The van der Waals surface area contributed by atoms with Crippen LogP contribution in [0.4, 0.5) is 23.2 Å². The molecule has 0 fully saturated rings. The zero-order chi connectivity index (χ0) is 23.1. The summed E-state index contributed by atoms with van der Waals surface area (Å²) in [5.74, 6) is -2.81. The molecule has 1 heterocycles. The first-order chi connectivity index (χ1) is 14.6. The maximum atomic E-state index is 14.9. The fourth-order valence-electron chi connectivity index (χ4n) is 2.74. The van der Waals surface area contributed by atoms with Crippen LogP contribution in [0.3, 0.4) is 0 Å². The molecule has 0 aliphatic heterocycles. The van der Waals surface area contributed by atoms with Crippen molar-refractivity contribution >= 4 is 17.6 Å². The molecule has 12 heteroatoms. The molecule has 1 aromatic carbocycles. The lowest BCUT2D eigenvalue weighted by atomic mass is 9.91. The molecule has 8 nitrogen and oxygen atoms in total. The van der Waals surface area contributed by atoms with E-state index in [1.807, 2.05) is 0 Å². The molecule has 0 aliphatic rings. The predicted octanol–water partition coefficient (Wildman–Crippen LogP) is 3.25. The van der Waals surface area contributed by atoms with E-state index < -0.39 is 49.0 Å². The van der Waals surface area contributed by atoms with Gasteiger partial charge in [0.1, 0.15) is 23.9 Å². The van der Waals surface area contributed by atoms with Gasteiger partial charge >= 0.3 is 0 Å². The average molecular weight is 443 g/mol. The Labute approximate surface area is 175 Å². The lowest BCUT2D eigenvalue weighted by molar-refractivity contribution is 0.0173. The van der Waals surface area contributed by atoms with E-state index in [1.165, 1.54) is 19.1 Å². The van der Waals surface area contributed by atoms with E-state index in [9.17, 15) is 22.4 Å². The molecule has 4 N–H and O–H groups in total. The van der Waals surface area contributed by atoms with Crippen LogP contribution < -0.4 is 15.8 Å². The van der Waals surface area contributed by atoms with Gasteiger partial charge in [-0.15, -0.1) is 0 Å². The van der Waals surface area contributed by atoms with E-state index >= 15 is 0 Å². The topological polar surface area (TPSA) is 123 Å². The van der Waals surface area contributed by atoms with Gasteiger partial charge in [0.2, 0.25) is 12.7 Å². The summed E-state index contributed by atoms with van der Waals surface area (Å²) in [6, 6.07) is 2.57. The number of nitrogens with two attached hydrogens (primary N) is 1. The molecule has 1 aromatic heterocycles. The molecule has 0 aliphatic carbocycles. The van der Waals surface area contributed by atoms with Gasteiger partial charge in [0.05, 0.1) is 12.4 Å². The maximum absolute atomic E-state index is 14.9. The van der Waals surface area contributed by atoms with Crippen molar-refractivity contribution in [1.29, 1.82) is 5.41 Å². The first-order valence-corrected chi connectivity index (χ1v) is 9.04. The summed E-state index contributed by atoms with van der Waals surface area (Å²) < 4.78 is 64.3. The van der Waals surface area contributed by atoms with E-state index in [1.54, 1.807) is 0 Å². The molecule has 0 bridgehead atoms. The Kier molecular flexibility index (Phi) is 8.11. The molecule has 0 unspecified atom stereocenters. The summed E-state index contributed by atoms with van der Waals surface area (Å²) in [6.45, 7) is 1.24. The number of nitrogens with one attached hydrogen (secondary N) is 2. The molecule has 4 atom stereocenters. The van der Waals surface area contributed by atoms with Crippen LogP contribution in [0.5, 0.6) is 5.88 Å². The van der Waals surface area contributed by atoms with Crippen LogP contribution in [0.2, 0.25) is 0 Å². The highest BCUT2D eigenvalue weighted by Gasteiger charge is 2.35. The number of amidine groups is 1. The first-order valence-electron chi connectivity index (χ1n) is 9.04. The van der Waals surface area contributed by atoms with Crippen molar-refractivity contribution in [1.82, 2.24) is 9.97 Å². The number of hydrogen-bond donors (Lipinski definition) is 3. The summed E-state index contributed by atoms with van der Waals surface area (Å²) >= 11 is 0. The minimum Gasteiger partial charge on any atom is -0.456 e. The molecular weight excluding hydrogens is 422 g/mol. The monoisotopic (exact) mass is 443 g/mol. The third-order valence-electron chi connectivity index (χ3n) is 4.31. The molecule has 2 rings (SSSR count). The van der Waals surface area contributed by atoms with Gasteiger partial charge in [-0.2, -0.15) is 0 Å². The molecule has 0 saturated heterocycles. The average Bonchev–Trinajstić information content (AvgIpc) is 2.72. The Hall–Kier alpha value is -3.44. The minimum absolute atomic E-state index is 0.115. The van der Waals surface area contributed by atoms with Crippen LogP contribution in [0.25, 0.3) is 0 Å². The van der Waals surface area contributed by atoms with Crippen molar-refractivity contribution < 1.29 is 31.8 Å². The molecule has 2 aromatic rings. The molecule has 0 spiro atoms. The van der Waals surface area contributed by atoms with Crippen molar-refractivity contribution in [3.8, 4) is 5.88 Å². The van der Waals surface area contributed by atoms with Crippen molar-refractivity contribution in [3.63, 3.8) is 0 Å². The Balaban J connectivity index is 2.20. The van der Waals surface area contributed by atoms with Gasteiger partial charge in [-0.1, -0.05) is 6.92 Å². The molecular formula is C19H21F4N5O3. The van der Waals surface area contributed by atoms with Crippen LogP contribution in [0, 0.1) is 11.2 Å². The second kappa shape index (κ2) is 10.5. The van der Waals surface area contributed by atoms with Gasteiger partial charge in [-0.25, -0.2) is 27.5 Å². The number of ether oxygens (including phenoxy) is 2. The van der Waals surface area contributed by atoms with Crippen LogP contribution in [0.1, 0.15) is 35.8 Å². The fourth-order valence-corrected chi connectivity index (χ4v) is 2.74. The predicted molar refractivity (Wildman–Crippen MR) is 104 cm³/mol. The standard InChI is InChI=1S/C19H21F4N5O3/c1-9(16(23)17(10(2)21)31-19(24)25)12-5-11(3-4-13(12)22)28-18(29)14-6-27-15(7-26-14)30-8-20/h3-7,9-10,16-17H,8H2,1-2H3,(H3,24,25)(H,28,29)/t9-,10+,16+,17+/m0/s1. The molecule has 1 amide bonds. The smallest absolute Gasteiger partial charge is 0.279 e. The lowest BCUT2D eigenvalue weighted by Gasteiger charge is -2.27. The third-order valence-corrected chi connectivity index (χ3v) is 4.31. The van der Waals surface area contributed by atoms with Crippen molar-refractivity contribution in [2.75, 3.05) is 12.2 Å². The second-order valence-electron chi connectivity index (χ2n) is 6.54. The lowest BCUT2D eigenvalue weighted by Crippen LogP contribution is -2.40. The Bertz CT molecular complexity index is 914. The number of anilines is 1. The van der Waals surface area contributed by atoms with Gasteiger partial charge in [0.25, 0.3) is 11.9 Å². The number of amides is 1. The maximum Gasteiger partial charge on any atom is 0.279 e. The normalized spacial score (nSPS) is 14.8. The summed E-state index contributed by atoms with van der Waals surface area (Å²) in [6.07, 6.45) is -3.48. The summed E-state index contributed by atoms with van der Waals surface area (Å²) in [5.41, 5.74) is 4.90. The Morgan fingerprint density at radius 1 is 1.26 bits per heavy atom. The van der Waals surface area contributed by atoms with E-state index in [0.717, 1.165) is 25.4 Å². The SMILES string of the molecule is C[C@@H](F)[C@@H](OC(=N)N)[C@H](F)[C@@H](C)c1cc(NC(=O)c2cnc(OCF)cn2)ccc1F. The van der Waals surface area contributed by atoms with Crippen molar-refractivity contribution in [2.45, 2.75) is 38.2 Å². The minimum atomic E-state index is -2.04. The van der Waals surface area contributed by atoms with E-state index in [4.69, 9.17) is 15.9 Å². The highest BCUT2D eigenvalue weighted by atomic mass is 19.2. The number of halogens is 4. The Morgan fingerprint density at radius 3 is 2.52 bits per heavy atom.